The lowest BCUT2D eigenvalue weighted by Gasteiger charge is -2.10. The van der Waals surface area contributed by atoms with Gasteiger partial charge < -0.3 is 5.32 Å². The van der Waals surface area contributed by atoms with Gasteiger partial charge in [-0.25, -0.2) is 26.9 Å². The quantitative estimate of drug-likeness (QED) is 0.884. The number of nitrogens with zero attached hydrogens (tertiary/aromatic N) is 1. The molecule has 2 rings (SSSR count). The molecule has 0 aliphatic carbocycles. The molecule has 1 heterocycles. The fourth-order valence-corrected chi connectivity index (χ4v) is 2.84. The van der Waals surface area contributed by atoms with Gasteiger partial charge in [0.1, 0.15) is 0 Å². The summed E-state index contributed by atoms with van der Waals surface area (Å²) in [5.41, 5.74) is 0.648. The molecule has 0 bridgehead atoms. The van der Waals surface area contributed by atoms with E-state index in [-0.39, 0.29) is 11.6 Å². The third kappa shape index (κ3) is 3.53. The SMILES string of the molecule is CNc1cccnc1S(=O)(=O)NCc1ccc(F)c(F)c1. The molecule has 0 spiro atoms. The molecular weight excluding hydrogens is 300 g/mol. The van der Waals surface area contributed by atoms with Crippen LogP contribution >= 0.6 is 0 Å². The van der Waals surface area contributed by atoms with E-state index in [1.807, 2.05) is 0 Å². The van der Waals surface area contributed by atoms with Crippen molar-refractivity contribution in [2.75, 3.05) is 12.4 Å². The van der Waals surface area contributed by atoms with Crippen molar-refractivity contribution >= 4 is 15.7 Å². The molecule has 2 N–H and O–H groups in total. The Labute approximate surface area is 121 Å². The Balaban J connectivity index is 2.20. The van der Waals surface area contributed by atoms with Crippen LogP contribution in [0.1, 0.15) is 5.56 Å². The van der Waals surface area contributed by atoms with E-state index in [1.54, 1.807) is 19.2 Å². The fourth-order valence-electron chi connectivity index (χ4n) is 1.69. The highest BCUT2D eigenvalue weighted by molar-refractivity contribution is 7.89. The summed E-state index contributed by atoms with van der Waals surface area (Å²) in [5.74, 6) is -2.01. The van der Waals surface area contributed by atoms with Crippen LogP contribution in [0.3, 0.4) is 0 Å². The zero-order valence-corrected chi connectivity index (χ0v) is 11.9. The zero-order chi connectivity index (χ0) is 15.5. The van der Waals surface area contributed by atoms with E-state index in [0.29, 0.717) is 11.3 Å². The number of aromatic nitrogens is 1. The second-order valence-electron chi connectivity index (χ2n) is 4.18. The third-order valence-corrected chi connectivity index (χ3v) is 4.10. The van der Waals surface area contributed by atoms with Crippen LogP contribution in [0, 0.1) is 11.6 Å². The lowest BCUT2D eigenvalue weighted by Crippen LogP contribution is -2.25. The normalized spacial score (nSPS) is 11.4. The molecular formula is C13H13F2N3O2S. The van der Waals surface area contributed by atoms with Gasteiger partial charge in [-0.15, -0.1) is 0 Å². The third-order valence-electron chi connectivity index (χ3n) is 2.75. The number of halogens is 2. The summed E-state index contributed by atoms with van der Waals surface area (Å²) >= 11 is 0. The Morgan fingerprint density at radius 2 is 1.95 bits per heavy atom. The van der Waals surface area contributed by atoms with Gasteiger partial charge in [0.2, 0.25) is 0 Å². The topological polar surface area (TPSA) is 71.1 Å². The maximum atomic E-state index is 13.1. The van der Waals surface area contributed by atoms with Gasteiger partial charge in [0.25, 0.3) is 10.0 Å². The van der Waals surface area contributed by atoms with Crippen molar-refractivity contribution < 1.29 is 17.2 Å². The van der Waals surface area contributed by atoms with Crippen molar-refractivity contribution in [2.45, 2.75) is 11.6 Å². The fraction of sp³-hybridized carbons (Fsp3) is 0.154. The zero-order valence-electron chi connectivity index (χ0n) is 11.1. The van der Waals surface area contributed by atoms with Crippen molar-refractivity contribution in [2.24, 2.45) is 0 Å². The van der Waals surface area contributed by atoms with Crippen molar-refractivity contribution in [3.63, 3.8) is 0 Å². The Hall–Kier alpha value is -2.06. The number of rotatable bonds is 5. The molecule has 0 radical (unpaired) electrons. The standard InChI is InChI=1S/C13H13F2N3O2S/c1-16-12-3-2-6-17-13(12)21(19,20)18-8-9-4-5-10(14)11(15)7-9/h2-7,16,18H,8H2,1H3. The predicted octanol–water partition coefficient (Wildman–Crippen LogP) is 1.88. The Morgan fingerprint density at radius 1 is 1.19 bits per heavy atom. The number of hydrogen-bond acceptors (Lipinski definition) is 4. The molecule has 0 fully saturated rings. The van der Waals surface area contributed by atoms with Gasteiger partial charge >= 0.3 is 0 Å². The van der Waals surface area contributed by atoms with Crippen LogP contribution in [-0.2, 0) is 16.6 Å². The van der Waals surface area contributed by atoms with E-state index in [0.717, 1.165) is 12.1 Å². The molecule has 112 valence electrons. The Morgan fingerprint density at radius 3 is 2.62 bits per heavy atom. The van der Waals surface area contributed by atoms with Crippen LogP contribution in [0.15, 0.2) is 41.6 Å². The van der Waals surface area contributed by atoms with E-state index >= 15 is 0 Å². The van der Waals surface area contributed by atoms with Crippen LogP contribution in [0.4, 0.5) is 14.5 Å². The molecule has 2 aromatic rings. The molecule has 1 aromatic carbocycles. The summed E-state index contributed by atoms with van der Waals surface area (Å²) in [6, 6.07) is 6.35. The molecule has 1 aromatic heterocycles. The Bertz CT molecular complexity index is 751. The van der Waals surface area contributed by atoms with E-state index in [2.05, 4.69) is 15.0 Å². The molecule has 0 aliphatic rings. The van der Waals surface area contributed by atoms with E-state index in [9.17, 15) is 17.2 Å². The van der Waals surface area contributed by atoms with E-state index in [4.69, 9.17) is 0 Å². The summed E-state index contributed by atoms with van der Waals surface area (Å²) in [4.78, 5) is 3.82. The van der Waals surface area contributed by atoms with Crippen LogP contribution < -0.4 is 10.0 Å². The lowest BCUT2D eigenvalue weighted by atomic mass is 10.2. The summed E-state index contributed by atoms with van der Waals surface area (Å²) < 4.78 is 52.5. The first-order valence-electron chi connectivity index (χ1n) is 6.00. The molecule has 0 amide bonds. The highest BCUT2D eigenvalue weighted by atomic mass is 32.2. The second-order valence-corrected chi connectivity index (χ2v) is 5.86. The molecule has 0 unspecified atom stereocenters. The first-order chi connectivity index (χ1) is 9.94. The molecule has 0 saturated carbocycles. The van der Waals surface area contributed by atoms with Crippen LogP contribution in [-0.4, -0.2) is 20.4 Å². The van der Waals surface area contributed by atoms with Crippen LogP contribution in [0.5, 0.6) is 0 Å². The monoisotopic (exact) mass is 313 g/mol. The average molecular weight is 313 g/mol. The molecule has 8 heteroatoms. The number of nitrogens with one attached hydrogen (secondary N) is 2. The van der Waals surface area contributed by atoms with Crippen molar-refractivity contribution in [3.05, 3.63) is 53.7 Å². The van der Waals surface area contributed by atoms with Crippen molar-refractivity contribution in [1.29, 1.82) is 0 Å². The minimum absolute atomic E-state index is 0.157. The van der Waals surface area contributed by atoms with Gasteiger partial charge in [-0.2, -0.15) is 0 Å². The summed E-state index contributed by atoms with van der Waals surface area (Å²) in [6.45, 7) is -0.167. The second kappa shape index (κ2) is 6.15. The molecule has 5 nitrogen and oxygen atoms in total. The number of anilines is 1. The number of benzene rings is 1. The Kier molecular flexibility index (Phi) is 4.49. The summed E-state index contributed by atoms with van der Waals surface area (Å²) in [6.07, 6.45) is 1.35. The summed E-state index contributed by atoms with van der Waals surface area (Å²) in [5, 5.41) is 2.57. The van der Waals surface area contributed by atoms with Gasteiger partial charge in [0.15, 0.2) is 16.7 Å². The van der Waals surface area contributed by atoms with Gasteiger partial charge in [0.05, 0.1) is 5.69 Å². The molecule has 0 aliphatic heterocycles. The van der Waals surface area contributed by atoms with E-state index in [1.165, 1.54) is 12.3 Å². The van der Waals surface area contributed by atoms with Gasteiger partial charge in [-0.1, -0.05) is 6.07 Å². The summed E-state index contributed by atoms with van der Waals surface area (Å²) in [7, 11) is -2.29. The largest absolute Gasteiger partial charge is 0.386 e. The first kappa shape index (κ1) is 15.3. The minimum atomic E-state index is -3.86. The van der Waals surface area contributed by atoms with Gasteiger partial charge in [-0.3, -0.25) is 0 Å². The number of hydrogen-bond donors (Lipinski definition) is 2. The minimum Gasteiger partial charge on any atom is -0.386 e. The highest BCUT2D eigenvalue weighted by Crippen LogP contribution is 2.17. The van der Waals surface area contributed by atoms with Gasteiger partial charge in [-0.05, 0) is 29.8 Å². The number of pyridine rings is 1. The molecule has 0 atom stereocenters. The average Bonchev–Trinajstić information content (AvgIpc) is 2.48. The highest BCUT2D eigenvalue weighted by Gasteiger charge is 2.19. The van der Waals surface area contributed by atoms with Crippen LogP contribution in [0.2, 0.25) is 0 Å². The maximum absolute atomic E-state index is 13.1. The van der Waals surface area contributed by atoms with Crippen LogP contribution in [0.25, 0.3) is 0 Å². The first-order valence-corrected chi connectivity index (χ1v) is 7.48. The van der Waals surface area contributed by atoms with E-state index < -0.39 is 21.7 Å². The molecule has 0 saturated heterocycles. The number of sulfonamides is 1. The lowest BCUT2D eigenvalue weighted by molar-refractivity contribution is 0.506. The van der Waals surface area contributed by atoms with Crippen molar-refractivity contribution in [1.82, 2.24) is 9.71 Å². The van der Waals surface area contributed by atoms with Gasteiger partial charge in [0, 0.05) is 19.8 Å². The maximum Gasteiger partial charge on any atom is 0.260 e. The molecule has 21 heavy (non-hydrogen) atoms. The smallest absolute Gasteiger partial charge is 0.260 e. The van der Waals surface area contributed by atoms with Crippen molar-refractivity contribution in [3.8, 4) is 0 Å². The predicted molar refractivity (Wildman–Crippen MR) is 74.2 cm³/mol.